The number of halogens is 1. The van der Waals surface area contributed by atoms with Crippen molar-refractivity contribution in [2.45, 2.75) is 19.8 Å². The van der Waals surface area contributed by atoms with Crippen LogP contribution in [0.1, 0.15) is 33.7 Å². The van der Waals surface area contributed by atoms with Crippen LogP contribution >= 0.6 is 0 Å². The third kappa shape index (κ3) is 5.00. The zero-order chi connectivity index (χ0) is 22.5. The van der Waals surface area contributed by atoms with Gasteiger partial charge in [-0.25, -0.2) is 9.37 Å². The number of fused-ring (bicyclic) bond motifs is 1. The zero-order valence-electron chi connectivity index (χ0n) is 17.6. The van der Waals surface area contributed by atoms with Gasteiger partial charge in [-0.15, -0.1) is 0 Å². The molecule has 4 rings (SSSR count). The van der Waals surface area contributed by atoms with Gasteiger partial charge in [0.25, 0.3) is 5.91 Å². The van der Waals surface area contributed by atoms with E-state index in [1.54, 1.807) is 42.5 Å². The highest BCUT2D eigenvalue weighted by atomic mass is 19.1. The monoisotopic (exact) mass is 430 g/mol. The van der Waals surface area contributed by atoms with Crippen LogP contribution in [-0.2, 0) is 11.2 Å². The standard InChI is InChI=1S/C25H23FN4O2/c1-16-6-2-4-8-19(16)25(32)27-13-12-24(31)28-18-10-11-21-22(15-18)30-23(29-21)14-17-7-3-5-9-20(17)26/h2-11,15H,12-14H2,1H3,(H,27,32)(H,28,31)(H,29,30). The number of nitrogens with one attached hydrogen (secondary N) is 3. The molecule has 7 heteroatoms. The molecule has 0 radical (unpaired) electrons. The molecule has 0 atom stereocenters. The average Bonchev–Trinajstić information content (AvgIpc) is 3.17. The fourth-order valence-electron chi connectivity index (χ4n) is 3.48. The topological polar surface area (TPSA) is 86.9 Å². The molecule has 1 aromatic heterocycles. The van der Waals surface area contributed by atoms with Gasteiger partial charge in [-0.05, 0) is 48.4 Å². The summed E-state index contributed by atoms with van der Waals surface area (Å²) in [6.07, 6.45) is 0.501. The molecule has 3 aromatic carbocycles. The second kappa shape index (κ2) is 9.43. The van der Waals surface area contributed by atoms with Crippen molar-refractivity contribution >= 4 is 28.5 Å². The lowest BCUT2D eigenvalue weighted by Crippen LogP contribution is -2.28. The van der Waals surface area contributed by atoms with Gasteiger partial charge in [0.1, 0.15) is 11.6 Å². The first kappa shape index (κ1) is 21.2. The number of amides is 2. The van der Waals surface area contributed by atoms with Crippen molar-refractivity contribution in [2.24, 2.45) is 0 Å². The number of carbonyl (C=O) groups is 2. The highest BCUT2D eigenvalue weighted by Gasteiger charge is 2.11. The molecule has 0 fully saturated rings. The molecule has 2 amide bonds. The second-order valence-electron chi connectivity index (χ2n) is 7.55. The Balaban J connectivity index is 1.33. The normalized spacial score (nSPS) is 10.8. The molecule has 4 aromatic rings. The van der Waals surface area contributed by atoms with Crippen molar-refractivity contribution in [3.63, 3.8) is 0 Å². The number of imidazole rings is 1. The Kier molecular flexibility index (Phi) is 6.26. The molecule has 0 saturated heterocycles. The molecule has 0 aliphatic rings. The van der Waals surface area contributed by atoms with Crippen LogP contribution in [0.3, 0.4) is 0 Å². The van der Waals surface area contributed by atoms with Crippen LogP contribution in [0, 0.1) is 12.7 Å². The summed E-state index contributed by atoms with van der Waals surface area (Å²) in [7, 11) is 0. The van der Waals surface area contributed by atoms with Crippen LogP contribution in [-0.4, -0.2) is 28.3 Å². The number of nitrogens with zero attached hydrogens (tertiary/aromatic N) is 1. The van der Waals surface area contributed by atoms with Crippen molar-refractivity contribution in [3.05, 3.63) is 95.1 Å². The van der Waals surface area contributed by atoms with Gasteiger partial charge in [0.2, 0.25) is 5.91 Å². The minimum Gasteiger partial charge on any atom is -0.352 e. The van der Waals surface area contributed by atoms with E-state index in [1.807, 2.05) is 25.1 Å². The minimum atomic E-state index is -0.268. The van der Waals surface area contributed by atoms with E-state index >= 15 is 0 Å². The van der Waals surface area contributed by atoms with Crippen molar-refractivity contribution in [3.8, 4) is 0 Å². The van der Waals surface area contributed by atoms with E-state index in [9.17, 15) is 14.0 Å². The van der Waals surface area contributed by atoms with E-state index in [1.165, 1.54) is 6.07 Å². The summed E-state index contributed by atoms with van der Waals surface area (Å²) >= 11 is 0. The Bertz CT molecular complexity index is 1280. The lowest BCUT2D eigenvalue weighted by atomic mass is 10.1. The maximum Gasteiger partial charge on any atom is 0.251 e. The van der Waals surface area contributed by atoms with Crippen molar-refractivity contribution in [2.75, 3.05) is 11.9 Å². The molecule has 3 N–H and O–H groups in total. The van der Waals surface area contributed by atoms with Crippen LogP contribution < -0.4 is 10.6 Å². The number of hydrogen-bond acceptors (Lipinski definition) is 3. The van der Waals surface area contributed by atoms with Crippen LogP contribution in [0.2, 0.25) is 0 Å². The predicted octanol–water partition coefficient (Wildman–Crippen LogP) is 4.36. The maximum atomic E-state index is 13.9. The summed E-state index contributed by atoms with van der Waals surface area (Å²) in [5, 5.41) is 5.60. The fraction of sp³-hybridized carbons (Fsp3) is 0.160. The summed E-state index contributed by atoms with van der Waals surface area (Å²) in [6.45, 7) is 2.10. The first-order valence-electron chi connectivity index (χ1n) is 10.4. The second-order valence-corrected chi connectivity index (χ2v) is 7.55. The molecule has 0 spiro atoms. The van der Waals surface area contributed by atoms with Crippen LogP contribution in [0.25, 0.3) is 11.0 Å². The fourth-order valence-corrected chi connectivity index (χ4v) is 3.48. The third-order valence-corrected chi connectivity index (χ3v) is 5.16. The molecular weight excluding hydrogens is 407 g/mol. The third-order valence-electron chi connectivity index (χ3n) is 5.16. The largest absolute Gasteiger partial charge is 0.352 e. The Morgan fingerprint density at radius 3 is 2.62 bits per heavy atom. The van der Waals surface area contributed by atoms with Gasteiger partial charge < -0.3 is 15.6 Å². The summed E-state index contributed by atoms with van der Waals surface area (Å²) in [6, 6.07) is 19.3. The van der Waals surface area contributed by atoms with Gasteiger partial charge in [-0.2, -0.15) is 0 Å². The van der Waals surface area contributed by atoms with E-state index in [4.69, 9.17) is 0 Å². The Labute approximate surface area is 184 Å². The van der Waals surface area contributed by atoms with E-state index in [0.29, 0.717) is 29.1 Å². The maximum absolute atomic E-state index is 13.9. The number of carbonyl (C=O) groups excluding carboxylic acids is 2. The summed E-state index contributed by atoms with van der Waals surface area (Å²) < 4.78 is 13.9. The lowest BCUT2D eigenvalue weighted by Gasteiger charge is -2.08. The number of benzene rings is 3. The first-order chi connectivity index (χ1) is 15.5. The predicted molar refractivity (Wildman–Crippen MR) is 122 cm³/mol. The smallest absolute Gasteiger partial charge is 0.251 e. The zero-order valence-corrected chi connectivity index (χ0v) is 17.6. The molecule has 0 saturated carbocycles. The molecule has 6 nitrogen and oxygen atoms in total. The minimum absolute atomic E-state index is 0.150. The SMILES string of the molecule is Cc1ccccc1C(=O)NCCC(=O)Nc1ccc2nc(Cc3ccccc3F)[nH]c2c1. The summed E-state index contributed by atoms with van der Waals surface area (Å²) in [5.74, 6) is -0.0272. The summed E-state index contributed by atoms with van der Waals surface area (Å²) in [5.41, 5.74) is 4.16. The van der Waals surface area contributed by atoms with Gasteiger partial charge in [-0.1, -0.05) is 36.4 Å². The van der Waals surface area contributed by atoms with Crippen molar-refractivity contribution < 1.29 is 14.0 Å². The molecule has 162 valence electrons. The molecule has 1 heterocycles. The lowest BCUT2D eigenvalue weighted by molar-refractivity contribution is -0.116. The van der Waals surface area contributed by atoms with E-state index in [0.717, 1.165) is 16.6 Å². The highest BCUT2D eigenvalue weighted by Crippen LogP contribution is 2.19. The van der Waals surface area contributed by atoms with Crippen molar-refractivity contribution in [1.82, 2.24) is 15.3 Å². The van der Waals surface area contributed by atoms with E-state index in [-0.39, 0.29) is 30.6 Å². The number of aromatic amines is 1. The van der Waals surface area contributed by atoms with Gasteiger partial charge >= 0.3 is 0 Å². The molecule has 32 heavy (non-hydrogen) atoms. The number of hydrogen-bond donors (Lipinski definition) is 3. The van der Waals surface area contributed by atoms with Crippen molar-refractivity contribution in [1.29, 1.82) is 0 Å². The molecule has 0 aliphatic heterocycles. The Morgan fingerprint density at radius 2 is 1.81 bits per heavy atom. The molecule has 0 bridgehead atoms. The molecule has 0 aliphatic carbocycles. The van der Waals surface area contributed by atoms with Gasteiger partial charge in [0, 0.05) is 30.6 Å². The number of aryl methyl sites for hydroxylation is 1. The first-order valence-corrected chi connectivity index (χ1v) is 10.4. The number of aromatic nitrogens is 2. The Morgan fingerprint density at radius 1 is 1.03 bits per heavy atom. The Hall–Kier alpha value is -4.00. The quantitative estimate of drug-likeness (QED) is 0.407. The van der Waals surface area contributed by atoms with Crippen LogP contribution in [0.4, 0.5) is 10.1 Å². The number of H-pyrrole nitrogens is 1. The van der Waals surface area contributed by atoms with Crippen LogP contribution in [0.15, 0.2) is 66.7 Å². The number of rotatable bonds is 7. The highest BCUT2D eigenvalue weighted by molar-refractivity contribution is 5.96. The summed E-state index contributed by atoms with van der Waals surface area (Å²) in [4.78, 5) is 32.2. The van der Waals surface area contributed by atoms with Gasteiger partial charge in [-0.3, -0.25) is 9.59 Å². The van der Waals surface area contributed by atoms with E-state index in [2.05, 4.69) is 20.6 Å². The van der Waals surface area contributed by atoms with Gasteiger partial charge in [0.05, 0.1) is 11.0 Å². The van der Waals surface area contributed by atoms with Gasteiger partial charge in [0.15, 0.2) is 0 Å². The molecule has 0 unspecified atom stereocenters. The number of anilines is 1. The molecular formula is C25H23FN4O2. The average molecular weight is 430 g/mol. The van der Waals surface area contributed by atoms with Crippen LogP contribution in [0.5, 0.6) is 0 Å². The van der Waals surface area contributed by atoms with E-state index < -0.39 is 0 Å².